The summed E-state index contributed by atoms with van der Waals surface area (Å²) in [6.45, 7) is 1.63. The van der Waals surface area contributed by atoms with Crippen molar-refractivity contribution in [3.8, 4) is 11.5 Å². The topological polar surface area (TPSA) is 41.6 Å². The number of likely N-dealkylation sites (N-methyl/N-ethyl adjacent to an activating group) is 1. The standard InChI is InChI=1S/C19H19F3N2O2.ClH/c1-24(15-8-9-23-12-15)18(25)13-4-2-6-16(10-13)26-17-7-3-5-14(11-17)19(20,21)22;/h2-7,10-11,15,23H,8-9,12H2,1H3;1H. The van der Waals surface area contributed by atoms with E-state index in [9.17, 15) is 18.0 Å². The predicted octanol–water partition coefficient (Wildman–Crippen LogP) is 4.35. The van der Waals surface area contributed by atoms with Gasteiger partial charge in [0.25, 0.3) is 5.91 Å². The highest BCUT2D eigenvalue weighted by Crippen LogP contribution is 2.32. The van der Waals surface area contributed by atoms with E-state index in [1.807, 2.05) is 0 Å². The number of rotatable bonds is 4. The summed E-state index contributed by atoms with van der Waals surface area (Å²) in [5.74, 6) is 0.235. The highest BCUT2D eigenvalue weighted by molar-refractivity contribution is 5.94. The van der Waals surface area contributed by atoms with Crippen molar-refractivity contribution >= 4 is 18.3 Å². The first kappa shape index (κ1) is 21.1. The normalized spacial score (nSPS) is 16.5. The van der Waals surface area contributed by atoms with Gasteiger partial charge in [0.05, 0.1) is 5.56 Å². The lowest BCUT2D eigenvalue weighted by Crippen LogP contribution is -2.38. The average molecular weight is 401 g/mol. The Bertz CT molecular complexity index is 793. The fourth-order valence-electron chi connectivity index (χ4n) is 2.90. The molecule has 2 aromatic carbocycles. The van der Waals surface area contributed by atoms with Crippen LogP contribution in [0.15, 0.2) is 48.5 Å². The fourth-order valence-corrected chi connectivity index (χ4v) is 2.90. The third-order valence-corrected chi connectivity index (χ3v) is 4.38. The van der Waals surface area contributed by atoms with E-state index in [0.29, 0.717) is 11.3 Å². The summed E-state index contributed by atoms with van der Waals surface area (Å²) in [6, 6.07) is 11.2. The summed E-state index contributed by atoms with van der Waals surface area (Å²) in [6.07, 6.45) is -3.54. The van der Waals surface area contributed by atoms with Crippen molar-refractivity contribution in [3.63, 3.8) is 0 Å². The third-order valence-electron chi connectivity index (χ3n) is 4.38. The molecule has 1 amide bonds. The molecule has 1 atom stereocenters. The molecule has 0 saturated carbocycles. The van der Waals surface area contributed by atoms with E-state index in [2.05, 4.69) is 5.32 Å². The summed E-state index contributed by atoms with van der Waals surface area (Å²) in [4.78, 5) is 14.3. The summed E-state index contributed by atoms with van der Waals surface area (Å²) < 4.78 is 43.9. The Kier molecular flexibility index (Phi) is 6.73. The molecule has 1 fully saturated rings. The Morgan fingerprint density at radius 1 is 1.15 bits per heavy atom. The van der Waals surface area contributed by atoms with Crippen LogP contribution in [0.5, 0.6) is 11.5 Å². The lowest BCUT2D eigenvalue weighted by atomic mass is 10.1. The van der Waals surface area contributed by atoms with E-state index >= 15 is 0 Å². The van der Waals surface area contributed by atoms with E-state index in [1.54, 1.807) is 36.2 Å². The summed E-state index contributed by atoms with van der Waals surface area (Å²) >= 11 is 0. The number of nitrogens with zero attached hydrogens (tertiary/aromatic N) is 1. The van der Waals surface area contributed by atoms with Gasteiger partial charge in [0.1, 0.15) is 11.5 Å². The van der Waals surface area contributed by atoms with Crippen molar-refractivity contribution < 1.29 is 22.7 Å². The minimum absolute atomic E-state index is 0. The first-order valence-electron chi connectivity index (χ1n) is 8.27. The minimum Gasteiger partial charge on any atom is -0.457 e. The second-order valence-corrected chi connectivity index (χ2v) is 6.22. The van der Waals surface area contributed by atoms with Gasteiger partial charge in [0, 0.05) is 25.2 Å². The largest absolute Gasteiger partial charge is 0.457 e. The zero-order valence-corrected chi connectivity index (χ0v) is 15.4. The van der Waals surface area contributed by atoms with E-state index in [1.165, 1.54) is 12.1 Å². The molecule has 1 aliphatic heterocycles. The molecule has 1 N–H and O–H groups in total. The number of alkyl halides is 3. The van der Waals surface area contributed by atoms with Crippen molar-refractivity contribution in [1.82, 2.24) is 10.2 Å². The maximum Gasteiger partial charge on any atom is 0.416 e. The van der Waals surface area contributed by atoms with Gasteiger partial charge in [0.15, 0.2) is 0 Å². The molecule has 4 nitrogen and oxygen atoms in total. The summed E-state index contributed by atoms with van der Waals surface area (Å²) in [5, 5.41) is 3.21. The fraction of sp³-hybridized carbons (Fsp3) is 0.316. The Morgan fingerprint density at radius 2 is 1.81 bits per heavy atom. The van der Waals surface area contributed by atoms with Crippen molar-refractivity contribution in [1.29, 1.82) is 0 Å². The number of hydrogen-bond donors (Lipinski definition) is 1. The number of carbonyl (C=O) groups is 1. The molecular formula is C19H20ClF3N2O2. The van der Waals surface area contributed by atoms with Gasteiger partial charge in [-0.05, 0) is 49.4 Å². The minimum atomic E-state index is -4.44. The maximum atomic E-state index is 12.8. The number of ether oxygens (including phenoxy) is 1. The van der Waals surface area contributed by atoms with Crippen LogP contribution in [0.1, 0.15) is 22.3 Å². The zero-order chi connectivity index (χ0) is 18.7. The van der Waals surface area contributed by atoms with Crippen LogP contribution in [0.3, 0.4) is 0 Å². The molecule has 8 heteroatoms. The number of halogens is 4. The van der Waals surface area contributed by atoms with Crippen LogP contribution in [0.4, 0.5) is 13.2 Å². The molecule has 2 aromatic rings. The second-order valence-electron chi connectivity index (χ2n) is 6.22. The quantitative estimate of drug-likeness (QED) is 0.829. The van der Waals surface area contributed by atoms with Crippen LogP contribution < -0.4 is 10.1 Å². The van der Waals surface area contributed by atoms with Gasteiger partial charge in [-0.25, -0.2) is 0 Å². The van der Waals surface area contributed by atoms with Crippen LogP contribution in [-0.4, -0.2) is 37.0 Å². The van der Waals surface area contributed by atoms with Crippen molar-refractivity contribution in [2.45, 2.75) is 18.6 Å². The molecule has 27 heavy (non-hydrogen) atoms. The van der Waals surface area contributed by atoms with Crippen molar-refractivity contribution in [3.05, 3.63) is 59.7 Å². The molecule has 0 spiro atoms. The smallest absolute Gasteiger partial charge is 0.416 e. The van der Waals surface area contributed by atoms with Gasteiger partial charge in [0.2, 0.25) is 0 Å². The van der Waals surface area contributed by atoms with Gasteiger partial charge in [-0.2, -0.15) is 13.2 Å². The average Bonchev–Trinajstić information content (AvgIpc) is 3.15. The lowest BCUT2D eigenvalue weighted by Gasteiger charge is -2.24. The monoisotopic (exact) mass is 400 g/mol. The molecule has 0 radical (unpaired) electrons. The molecule has 1 unspecified atom stereocenters. The van der Waals surface area contributed by atoms with Gasteiger partial charge in [-0.15, -0.1) is 12.4 Å². The molecule has 3 rings (SSSR count). The number of carbonyl (C=O) groups excluding carboxylic acids is 1. The lowest BCUT2D eigenvalue weighted by molar-refractivity contribution is -0.137. The SMILES string of the molecule is CN(C(=O)c1cccc(Oc2cccc(C(F)(F)F)c2)c1)C1CCNC1.Cl. The number of benzene rings is 2. The Hall–Kier alpha value is -2.25. The zero-order valence-electron chi connectivity index (χ0n) is 14.6. The molecule has 1 aliphatic rings. The van der Waals surface area contributed by atoms with E-state index in [0.717, 1.165) is 31.6 Å². The Morgan fingerprint density at radius 3 is 2.44 bits per heavy atom. The Balaban J connectivity index is 0.00000261. The predicted molar refractivity (Wildman–Crippen MR) is 98.6 cm³/mol. The molecule has 0 bridgehead atoms. The number of amides is 1. The highest BCUT2D eigenvalue weighted by Gasteiger charge is 2.30. The van der Waals surface area contributed by atoms with Crippen molar-refractivity contribution in [2.24, 2.45) is 0 Å². The number of hydrogen-bond acceptors (Lipinski definition) is 3. The number of nitrogens with one attached hydrogen (secondary N) is 1. The first-order valence-corrected chi connectivity index (χ1v) is 8.27. The molecular weight excluding hydrogens is 381 g/mol. The van der Waals surface area contributed by atoms with Crippen LogP contribution in [-0.2, 0) is 6.18 Å². The third kappa shape index (κ3) is 5.14. The van der Waals surface area contributed by atoms with E-state index < -0.39 is 11.7 Å². The molecule has 1 saturated heterocycles. The maximum absolute atomic E-state index is 12.8. The molecule has 146 valence electrons. The second kappa shape index (κ2) is 8.63. The van der Waals surface area contributed by atoms with Crippen LogP contribution in [0, 0.1) is 0 Å². The molecule has 1 heterocycles. The highest BCUT2D eigenvalue weighted by atomic mass is 35.5. The first-order chi connectivity index (χ1) is 12.3. The van der Waals surface area contributed by atoms with Gasteiger partial charge in [-0.1, -0.05) is 12.1 Å². The summed E-state index contributed by atoms with van der Waals surface area (Å²) in [7, 11) is 1.75. The van der Waals surface area contributed by atoms with Crippen LogP contribution in [0.2, 0.25) is 0 Å². The van der Waals surface area contributed by atoms with Gasteiger partial charge < -0.3 is 15.0 Å². The van der Waals surface area contributed by atoms with E-state index in [4.69, 9.17) is 4.74 Å². The molecule has 0 aromatic heterocycles. The Labute approximate surface area is 161 Å². The van der Waals surface area contributed by atoms with Crippen LogP contribution in [0.25, 0.3) is 0 Å². The van der Waals surface area contributed by atoms with Crippen molar-refractivity contribution in [2.75, 3.05) is 20.1 Å². The van der Waals surface area contributed by atoms with Gasteiger partial charge >= 0.3 is 6.18 Å². The van der Waals surface area contributed by atoms with Gasteiger partial charge in [-0.3, -0.25) is 4.79 Å². The molecule has 0 aliphatic carbocycles. The van der Waals surface area contributed by atoms with Crippen LogP contribution >= 0.6 is 12.4 Å². The van der Waals surface area contributed by atoms with E-state index in [-0.39, 0.29) is 30.1 Å². The summed E-state index contributed by atoms with van der Waals surface area (Å²) in [5.41, 5.74) is -0.348.